The second-order valence-corrected chi connectivity index (χ2v) is 6.09. The van der Waals surface area contributed by atoms with Crippen molar-refractivity contribution in [3.05, 3.63) is 64.9 Å². The summed E-state index contributed by atoms with van der Waals surface area (Å²) in [4.78, 5) is 28.5. The van der Waals surface area contributed by atoms with Gasteiger partial charge in [-0.15, -0.1) is 11.3 Å². The number of hydrogen-bond acceptors (Lipinski definition) is 5. The van der Waals surface area contributed by atoms with Crippen LogP contribution in [0, 0.1) is 5.82 Å². The van der Waals surface area contributed by atoms with E-state index in [0.29, 0.717) is 16.3 Å². The van der Waals surface area contributed by atoms with Gasteiger partial charge < -0.3 is 15.2 Å². The second-order valence-electron chi connectivity index (χ2n) is 5.21. The first-order valence-electron chi connectivity index (χ1n) is 8.41. The zero-order valence-corrected chi connectivity index (χ0v) is 16.3. The molecule has 8 heteroatoms. The SMILES string of the molecule is CC.COc1ccc(-c2scc(NC(=O)c3cccc(F)c3)c2C(=O)O)cn1. The molecule has 0 aliphatic carbocycles. The summed E-state index contributed by atoms with van der Waals surface area (Å²) in [5.74, 6) is -1.93. The van der Waals surface area contributed by atoms with Gasteiger partial charge in [0.05, 0.1) is 17.7 Å². The van der Waals surface area contributed by atoms with Crippen molar-refractivity contribution in [1.29, 1.82) is 0 Å². The van der Waals surface area contributed by atoms with Gasteiger partial charge in [-0.2, -0.15) is 0 Å². The van der Waals surface area contributed by atoms with Crippen molar-refractivity contribution >= 4 is 28.9 Å². The monoisotopic (exact) mass is 402 g/mol. The zero-order chi connectivity index (χ0) is 20.7. The molecule has 3 rings (SSSR count). The molecule has 2 aromatic heterocycles. The van der Waals surface area contributed by atoms with E-state index in [9.17, 15) is 19.1 Å². The van der Waals surface area contributed by atoms with E-state index in [-0.39, 0.29) is 16.8 Å². The summed E-state index contributed by atoms with van der Waals surface area (Å²) in [6.45, 7) is 4.00. The van der Waals surface area contributed by atoms with Crippen LogP contribution in [0.5, 0.6) is 5.88 Å². The first-order chi connectivity index (χ1) is 13.5. The maximum atomic E-state index is 13.3. The predicted octanol–water partition coefficient (Wildman–Crippen LogP) is 4.93. The minimum atomic E-state index is -1.19. The third kappa shape index (κ3) is 4.72. The van der Waals surface area contributed by atoms with Gasteiger partial charge in [-0.25, -0.2) is 14.2 Å². The van der Waals surface area contributed by atoms with Gasteiger partial charge in [-0.1, -0.05) is 19.9 Å². The van der Waals surface area contributed by atoms with Gasteiger partial charge in [0.1, 0.15) is 11.4 Å². The number of rotatable bonds is 5. The molecule has 0 unspecified atom stereocenters. The first-order valence-corrected chi connectivity index (χ1v) is 9.29. The number of carboxylic acid groups (broad SMARTS) is 1. The summed E-state index contributed by atoms with van der Waals surface area (Å²) in [6.07, 6.45) is 1.50. The van der Waals surface area contributed by atoms with Crippen LogP contribution in [0.25, 0.3) is 10.4 Å². The summed E-state index contributed by atoms with van der Waals surface area (Å²) in [6, 6.07) is 8.45. The van der Waals surface area contributed by atoms with E-state index in [0.717, 1.165) is 17.4 Å². The highest BCUT2D eigenvalue weighted by atomic mass is 32.1. The highest BCUT2D eigenvalue weighted by Crippen LogP contribution is 2.36. The van der Waals surface area contributed by atoms with Gasteiger partial charge in [-0.3, -0.25) is 4.79 Å². The van der Waals surface area contributed by atoms with Crippen LogP contribution in [0.2, 0.25) is 0 Å². The molecule has 0 atom stereocenters. The summed E-state index contributed by atoms with van der Waals surface area (Å²) in [5, 5.41) is 13.6. The van der Waals surface area contributed by atoms with Crippen molar-refractivity contribution in [2.24, 2.45) is 0 Å². The van der Waals surface area contributed by atoms with Crippen LogP contribution >= 0.6 is 11.3 Å². The molecule has 0 aliphatic heterocycles. The minimum Gasteiger partial charge on any atom is -0.481 e. The number of aromatic carboxylic acids is 1. The fourth-order valence-electron chi connectivity index (χ4n) is 2.33. The Morgan fingerprint density at radius 2 is 1.96 bits per heavy atom. The number of benzene rings is 1. The highest BCUT2D eigenvalue weighted by molar-refractivity contribution is 7.14. The molecule has 1 amide bonds. The summed E-state index contributed by atoms with van der Waals surface area (Å²) in [7, 11) is 1.48. The Labute approximate surface area is 165 Å². The summed E-state index contributed by atoms with van der Waals surface area (Å²) < 4.78 is 18.3. The van der Waals surface area contributed by atoms with Crippen molar-refractivity contribution in [3.8, 4) is 16.3 Å². The number of aromatic nitrogens is 1. The predicted molar refractivity (Wildman–Crippen MR) is 107 cm³/mol. The average Bonchev–Trinajstić information content (AvgIpc) is 3.13. The number of thiophene rings is 1. The van der Waals surface area contributed by atoms with Crippen molar-refractivity contribution < 1.29 is 23.8 Å². The Kier molecular flexibility index (Phi) is 7.22. The number of anilines is 1. The van der Waals surface area contributed by atoms with Crippen molar-refractivity contribution in [1.82, 2.24) is 4.98 Å². The third-order valence-electron chi connectivity index (χ3n) is 3.55. The van der Waals surface area contributed by atoms with Crippen LogP contribution in [0.1, 0.15) is 34.6 Å². The quantitative estimate of drug-likeness (QED) is 0.631. The molecule has 0 spiro atoms. The van der Waals surface area contributed by atoms with Crippen LogP contribution in [0.15, 0.2) is 48.0 Å². The second kappa shape index (κ2) is 9.61. The van der Waals surface area contributed by atoms with E-state index in [1.54, 1.807) is 12.1 Å². The number of pyridine rings is 1. The first kappa shape index (κ1) is 21.0. The molecule has 0 radical (unpaired) electrons. The van der Waals surface area contributed by atoms with E-state index >= 15 is 0 Å². The number of nitrogens with one attached hydrogen (secondary N) is 1. The number of hydrogen-bond donors (Lipinski definition) is 2. The van der Waals surface area contributed by atoms with Gasteiger partial charge >= 0.3 is 5.97 Å². The maximum absolute atomic E-state index is 13.3. The summed E-state index contributed by atoms with van der Waals surface area (Å²) >= 11 is 1.16. The molecule has 0 bridgehead atoms. The van der Waals surface area contributed by atoms with E-state index in [4.69, 9.17) is 4.74 Å². The Morgan fingerprint density at radius 1 is 1.21 bits per heavy atom. The molecule has 2 N–H and O–H groups in total. The van der Waals surface area contributed by atoms with E-state index in [1.807, 2.05) is 13.8 Å². The molecule has 28 heavy (non-hydrogen) atoms. The lowest BCUT2D eigenvalue weighted by Crippen LogP contribution is -2.14. The fraction of sp³-hybridized carbons (Fsp3) is 0.150. The molecule has 3 aromatic rings. The standard InChI is InChI=1S/C18H13FN2O4S.C2H6/c1-25-14-6-5-11(8-20-14)16-15(18(23)24)13(9-26-16)21-17(22)10-3-2-4-12(19)7-10;1-2/h2-9H,1H3,(H,21,22)(H,23,24);1-2H3. The van der Waals surface area contributed by atoms with Crippen LogP contribution in [0.3, 0.4) is 0 Å². The van der Waals surface area contributed by atoms with Crippen LogP contribution in [-0.2, 0) is 0 Å². The maximum Gasteiger partial charge on any atom is 0.339 e. The lowest BCUT2D eigenvalue weighted by molar-refractivity contribution is 0.0699. The van der Waals surface area contributed by atoms with Gasteiger partial charge in [0.2, 0.25) is 5.88 Å². The average molecular weight is 402 g/mol. The fourth-order valence-corrected chi connectivity index (χ4v) is 3.32. The number of amides is 1. The molecule has 0 aliphatic rings. The molecule has 146 valence electrons. The molecule has 0 saturated heterocycles. The van der Waals surface area contributed by atoms with Gasteiger partial charge in [0, 0.05) is 28.8 Å². The molecular weight excluding hydrogens is 383 g/mol. The third-order valence-corrected chi connectivity index (χ3v) is 4.58. The Hall–Kier alpha value is -3.26. The number of halogens is 1. The Morgan fingerprint density at radius 3 is 2.54 bits per heavy atom. The van der Waals surface area contributed by atoms with E-state index < -0.39 is 17.7 Å². The van der Waals surface area contributed by atoms with Crippen LogP contribution in [0.4, 0.5) is 10.1 Å². The van der Waals surface area contributed by atoms with Gasteiger partial charge in [-0.05, 0) is 24.3 Å². The Balaban J connectivity index is 0.00000136. The summed E-state index contributed by atoms with van der Waals surface area (Å²) in [5.41, 5.74) is 0.772. The molecule has 1 aromatic carbocycles. The normalized spacial score (nSPS) is 9.86. The van der Waals surface area contributed by atoms with Crippen molar-refractivity contribution in [3.63, 3.8) is 0 Å². The number of carboxylic acids is 1. The smallest absolute Gasteiger partial charge is 0.339 e. The number of methoxy groups -OCH3 is 1. The minimum absolute atomic E-state index is 0.0493. The molecule has 0 saturated carbocycles. The zero-order valence-electron chi connectivity index (χ0n) is 15.5. The number of ether oxygens (including phenoxy) is 1. The van der Waals surface area contributed by atoms with Gasteiger partial charge in [0.15, 0.2) is 0 Å². The van der Waals surface area contributed by atoms with Crippen LogP contribution < -0.4 is 10.1 Å². The molecule has 2 heterocycles. The molecule has 6 nitrogen and oxygen atoms in total. The highest BCUT2D eigenvalue weighted by Gasteiger charge is 2.22. The number of nitrogens with zero attached hydrogens (tertiary/aromatic N) is 1. The van der Waals surface area contributed by atoms with E-state index in [2.05, 4.69) is 10.3 Å². The van der Waals surface area contributed by atoms with E-state index in [1.165, 1.54) is 36.9 Å². The van der Waals surface area contributed by atoms with Gasteiger partial charge in [0.25, 0.3) is 5.91 Å². The topological polar surface area (TPSA) is 88.5 Å². The number of carbonyl (C=O) groups is 2. The molecule has 0 fully saturated rings. The molecular formula is C20H19FN2O4S. The number of carbonyl (C=O) groups excluding carboxylic acids is 1. The lowest BCUT2D eigenvalue weighted by atomic mass is 10.1. The lowest BCUT2D eigenvalue weighted by Gasteiger charge is -2.07. The Bertz CT molecular complexity index is 971. The van der Waals surface area contributed by atoms with Crippen molar-refractivity contribution in [2.45, 2.75) is 13.8 Å². The largest absolute Gasteiger partial charge is 0.481 e. The van der Waals surface area contributed by atoms with Crippen molar-refractivity contribution in [2.75, 3.05) is 12.4 Å². The van der Waals surface area contributed by atoms with Crippen LogP contribution in [-0.4, -0.2) is 29.1 Å².